The van der Waals surface area contributed by atoms with Gasteiger partial charge in [0, 0.05) is 74.1 Å². The van der Waals surface area contributed by atoms with Crippen LogP contribution >= 0.6 is 0 Å². The summed E-state index contributed by atoms with van der Waals surface area (Å²) >= 11 is 0. The topological polar surface area (TPSA) is 129 Å². The maximum Gasteiger partial charge on any atom is 0.321 e. The Morgan fingerprint density at radius 3 is 2.33 bits per heavy atom. The van der Waals surface area contributed by atoms with Gasteiger partial charge in [0.15, 0.2) is 5.78 Å². The van der Waals surface area contributed by atoms with Crippen LogP contribution < -0.4 is 16.0 Å². The highest BCUT2D eigenvalue weighted by Crippen LogP contribution is 2.48. The van der Waals surface area contributed by atoms with Crippen molar-refractivity contribution in [2.45, 2.75) is 113 Å². The Balaban J connectivity index is 1.33. The van der Waals surface area contributed by atoms with Crippen LogP contribution in [0.3, 0.4) is 0 Å². The Bertz CT molecular complexity index is 2290. The molecule has 310 valence electrons. The van der Waals surface area contributed by atoms with Crippen LogP contribution in [0.15, 0.2) is 30.1 Å². The molecule has 9 nitrogen and oxygen atoms in total. The van der Waals surface area contributed by atoms with Gasteiger partial charge < -0.3 is 29.7 Å². The third-order valence-corrected chi connectivity index (χ3v) is 12.8. The number of ketones is 1. The minimum atomic E-state index is -1.14. The Morgan fingerprint density at radius 2 is 1.62 bits per heavy atom. The van der Waals surface area contributed by atoms with E-state index in [1.807, 2.05) is 19.1 Å². The first kappa shape index (κ1) is 42.6. The zero-order valence-electron chi connectivity index (χ0n) is 36.2. The average Bonchev–Trinajstić information content (AvgIpc) is 3.93. The zero-order valence-corrected chi connectivity index (χ0v) is 36.2. The van der Waals surface area contributed by atoms with Crippen molar-refractivity contribution in [1.29, 1.82) is 0 Å². The number of H-pyrrole nitrogens is 3. The molecule has 3 aromatic rings. The summed E-state index contributed by atoms with van der Waals surface area (Å²) < 4.78 is 11.0. The Kier molecular flexibility index (Phi) is 13.4. The normalized spacial score (nSPS) is 22.3. The van der Waals surface area contributed by atoms with Gasteiger partial charge in [-0.1, -0.05) is 85.1 Å². The van der Waals surface area contributed by atoms with Crippen LogP contribution in [0.5, 0.6) is 0 Å². The fourth-order valence-electron chi connectivity index (χ4n) is 9.27. The molecular weight excluding hydrogens is 725 g/mol. The Labute approximate surface area is 344 Å². The van der Waals surface area contributed by atoms with E-state index in [1.54, 1.807) is 0 Å². The Hall–Kier alpha value is -5.05. The molecule has 0 spiro atoms. The van der Waals surface area contributed by atoms with Crippen molar-refractivity contribution in [3.05, 3.63) is 97.0 Å². The molecule has 1 fully saturated rings. The van der Waals surface area contributed by atoms with Crippen LogP contribution in [-0.2, 0) is 25.5 Å². The summed E-state index contributed by atoms with van der Waals surface area (Å²) in [5.41, 5.74) is 11.2. The van der Waals surface area contributed by atoms with Crippen molar-refractivity contribution < 1.29 is 23.9 Å². The standard InChI is InChI=1S/C49H64N4O5/c1-11-33-29(6)36-24-38-31(8)35(21-22-42(54)58-23-16-14-13-15-19-28(5)20-17-18-27(3)4)46(52-38)44-45(49(56)57-10)48(55)43-32(9)39(53-47(43)44)26-41-34(12-2)30(7)37(51-41)25-40(33)50-36/h11,14,16,24-28,31,35,45,50-53H,1,12-13,15,17-23H2,2-10H3/b16-14-,37-25-,38-24-,41-26-,46-44-/t28-,31-,35-,45+/m0/s1. The second-order valence-electron chi connectivity index (χ2n) is 17.1. The van der Waals surface area contributed by atoms with Crippen LogP contribution in [0.25, 0.3) is 29.9 Å². The number of nitrogens with one attached hydrogen (secondary N) is 4. The van der Waals surface area contributed by atoms with E-state index < -0.39 is 11.9 Å². The molecule has 58 heavy (non-hydrogen) atoms. The quantitative estimate of drug-likeness (QED) is 0.0497. The first-order chi connectivity index (χ1) is 27.8. The number of ether oxygens (including phenoxy) is 2. The molecule has 0 unspecified atom stereocenters. The molecule has 0 radical (unpaired) electrons. The van der Waals surface area contributed by atoms with Crippen molar-refractivity contribution in [3.63, 3.8) is 0 Å². The molecule has 4 N–H and O–H groups in total. The smallest absolute Gasteiger partial charge is 0.321 e. The molecular formula is C49H64N4O5. The number of aromatic amines is 3. The van der Waals surface area contributed by atoms with Crippen molar-refractivity contribution in [2.24, 2.45) is 29.6 Å². The van der Waals surface area contributed by atoms with Gasteiger partial charge in [-0.15, -0.1) is 0 Å². The van der Waals surface area contributed by atoms with Crippen molar-refractivity contribution >= 4 is 47.6 Å². The summed E-state index contributed by atoms with van der Waals surface area (Å²) in [5, 5.41) is 5.64. The number of hydrogen-bond acceptors (Lipinski definition) is 6. The number of unbranched alkanes of at least 4 members (excludes halogenated alkanes) is 1. The van der Waals surface area contributed by atoms with Crippen molar-refractivity contribution in [1.82, 2.24) is 20.3 Å². The summed E-state index contributed by atoms with van der Waals surface area (Å²) in [6.07, 6.45) is 20.9. The van der Waals surface area contributed by atoms with E-state index in [0.717, 1.165) is 92.5 Å². The lowest BCUT2D eigenvalue weighted by Crippen LogP contribution is -2.25. The second-order valence-corrected chi connectivity index (χ2v) is 17.1. The fraction of sp³-hybridized carbons (Fsp3) is 0.490. The number of hydrogen-bond donors (Lipinski definition) is 4. The number of Topliss-reactive ketones (excluding diaryl/α,β-unsaturated/α-hetero) is 1. The van der Waals surface area contributed by atoms with Crippen molar-refractivity contribution in [2.75, 3.05) is 13.7 Å². The highest BCUT2D eigenvalue weighted by atomic mass is 16.5. The second kappa shape index (κ2) is 18.3. The van der Waals surface area contributed by atoms with Crippen LogP contribution in [0.1, 0.15) is 147 Å². The average molecular weight is 789 g/mol. The van der Waals surface area contributed by atoms with Gasteiger partial charge in [0.05, 0.1) is 12.8 Å². The molecule has 0 saturated carbocycles. The molecule has 1 saturated heterocycles. The summed E-state index contributed by atoms with van der Waals surface area (Å²) in [5.74, 6) is -1.12. The van der Waals surface area contributed by atoms with Gasteiger partial charge in [-0.05, 0) is 98.8 Å². The molecule has 6 rings (SSSR count). The fourth-order valence-corrected chi connectivity index (χ4v) is 9.27. The third-order valence-electron chi connectivity index (χ3n) is 12.8. The van der Waals surface area contributed by atoms with Crippen LogP contribution in [-0.4, -0.2) is 46.4 Å². The molecule has 3 aromatic heterocycles. The lowest BCUT2D eigenvalue weighted by Gasteiger charge is -2.19. The van der Waals surface area contributed by atoms with Gasteiger partial charge in [-0.2, -0.15) is 0 Å². The minimum absolute atomic E-state index is 0.0830. The molecule has 3 aliphatic rings. The first-order valence-corrected chi connectivity index (χ1v) is 21.4. The largest absolute Gasteiger partial charge is 0.468 e. The summed E-state index contributed by atoms with van der Waals surface area (Å²) in [4.78, 5) is 52.0. The first-order valence-electron chi connectivity index (χ1n) is 21.4. The molecule has 1 aliphatic carbocycles. The number of methoxy groups -OCH3 is 1. The van der Waals surface area contributed by atoms with E-state index in [0.29, 0.717) is 23.3 Å². The number of carbonyl (C=O) groups is 3. The lowest BCUT2D eigenvalue weighted by molar-refractivity contribution is -0.143. The number of esters is 2. The van der Waals surface area contributed by atoms with Crippen LogP contribution in [0.4, 0.5) is 0 Å². The number of fused-ring (bicyclic) bond motifs is 7. The van der Waals surface area contributed by atoms with E-state index in [4.69, 9.17) is 9.47 Å². The maximum absolute atomic E-state index is 14.3. The zero-order chi connectivity index (χ0) is 41.8. The van der Waals surface area contributed by atoms with Gasteiger partial charge in [0.1, 0.15) is 12.5 Å². The van der Waals surface area contributed by atoms with E-state index in [2.05, 4.69) is 99.6 Å². The highest BCUT2D eigenvalue weighted by Gasteiger charge is 2.48. The van der Waals surface area contributed by atoms with E-state index in [1.165, 1.54) is 38.4 Å². The van der Waals surface area contributed by atoms with Crippen LogP contribution in [0, 0.1) is 50.4 Å². The molecule has 2 aliphatic heterocycles. The third kappa shape index (κ3) is 8.55. The van der Waals surface area contributed by atoms with Gasteiger partial charge in [-0.25, -0.2) is 0 Å². The van der Waals surface area contributed by atoms with Gasteiger partial charge in [0.2, 0.25) is 0 Å². The summed E-state index contributed by atoms with van der Waals surface area (Å²) in [6, 6.07) is 0. The number of allylic oxidation sites excluding steroid dienone is 3. The molecule has 0 amide bonds. The molecule has 0 aromatic carbocycles. The maximum atomic E-state index is 14.3. The molecule has 9 heteroatoms. The highest BCUT2D eigenvalue weighted by molar-refractivity contribution is 6.24. The van der Waals surface area contributed by atoms with Crippen LogP contribution in [0.2, 0.25) is 0 Å². The molecule has 5 heterocycles. The number of rotatable bonds is 16. The predicted molar refractivity (Wildman–Crippen MR) is 234 cm³/mol. The SMILES string of the molecule is C=Cc1c2[nH]c(c1C)/C=C1\N/C(=C3\c4[nH]c(c(C)c4C(=O)[C@@H]3C(=O)OC)/C=c3\[nH]/c(c(C)c3CC)=C\2)[C@@H](CCC(=O)OC/C=C\CCC[C@H](C)CCCC(C)C)[C@@H]1C. The molecule has 4 atom stereocenters. The van der Waals surface area contributed by atoms with E-state index >= 15 is 0 Å². The minimum Gasteiger partial charge on any atom is -0.468 e. The van der Waals surface area contributed by atoms with Gasteiger partial charge >= 0.3 is 11.9 Å². The van der Waals surface area contributed by atoms with Crippen molar-refractivity contribution in [3.8, 4) is 0 Å². The Morgan fingerprint density at radius 1 is 0.897 bits per heavy atom. The predicted octanol–water partition coefficient (Wildman–Crippen LogP) is 8.88. The summed E-state index contributed by atoms with van der Waals surface area (Å²) in [7, 11) is 1.32. The molecule has 8 bridgehead atoms. The van der Waals surface area contributed by atoms with E-state index in [-0.39, 0.29) is 36.6 Å². The van der Waals surface area contributed by atoms with Gasteiger partial charge in [-0.3, -0.25) is 14.4 Å². The monoisotopic (exact) mass is 788 g/mol. The number of carbonyl (C=O) groups excluding carboxylic acids is 3. The van der Waals surface area contributed by atoms with E-state index in [9.17, 15) is 14.4 Å². The summed E-state index contributed by atoms with van der Waals surface area (Å²) in [6.45, 7) is 21.7. The number of aromatic nitrogens is 3. The lowest BCUT2D eigenvalue weighted by atomic mass is 9.85. The van der Waals surface area contributed by atoms with Gasteiger partial charge in [0.25, 0.3) is 0 Å².